The van der Waals surface area contributed by atoms with Crippen LogP contribution >= 0.6 is 0 Å². The highest BCUT2D eigenvalue weighted by Crippen LogP contribution is 2.43. The van der Waals surface area contributed by atoms with Gasteiger partial charge in [-0.3, -0.25) is 14.5 Å². The molecule has 0 saturated heterocycles. The second-order valence-electron chi connectivity index (χ2n) is 9.43. The van der Waals surface area contributed by atoms with Crippen molar-refractivity contribution < 1.29 is 23.8 Å². The molecule has 1 amide bonds. The fraction of sp³-hybridized carbons (Fsp3) is 0.200. The number of furan rings is 1. The molecule has 0 radical (unpaired) electrons. The van der Waals surface area contributed by atoms with Crippen LogP contribution in [0.4, 0.5) is 5.69 Å². The van der Waals surface area contributed by atoms with Crippen LogP contribution in [0.3, 0.4) is 0 Å². The van der Waals surface area contributed by atoms with Crippen molar-refractivity contribution in [3.8, 4) is 5.75 Å². The number of fused-ring (bicyclic) bond motifs is 1. The Morgan fingerprint density at radius 1 is 1.03 bits per heavy atom. The maximum Gasteiger partial charge on any atom is 0.294 e. The fourth-order valence-corrected chi connectivity index (χ4v) is 4.39. The van der Waals surface area contributed by atoms with E-state index in [0.717, 1.165) is 10.9 Å². The molecule has 3 aromatic carbocycles. The lowest BCUT2D eigenvalue weighted by molar-refractivity contribution is -0.117. The molecule has 1 aliphatic rings. The number of Topliss-reactive ketones (excluding diaryl/α,β-unsaturated/α-hetero) is 1. The van der Waals surface area contributed by atoms with Gasteiger partial charge in [0.05, 0.1) is 18.2 Å². The molecule has 1 aromatic heterocycles. The summed E-state index contributed by atoms with van der Waals surface area (Å²) in [6, 6.07) is 22.7. The van der Waals surface area contributed by atoms with E-state index in [1.54, 1.807) is 24.3 Å². The van der Waals surface area contributed by atoms with E-state index in [4.69, 9.17) is 9.15 Å². The Bertz CT molecular complexity index is 1450. The number of hydrogen-bond donors (Lipinski definition) is 1. The van der Waals surface area contributed by atoms with Crippen LogP contribution in [-0.4, -0.2) is 23.4 Å². The highest BCUT2D eigenvalue weighted by atomic mass is 16.5. The lowest BCUT2D eigenvalue weighted by Crippen LogP contribution is -2.31. The molecular formula is C30H27NO5. The van der Waals surface area contributed by atoms with Crippen molar-refractivity contribution in [2.75, 3.05) is 11.5 Å². The summed E-state index contributed by atoms with van der Waals surface area (Å²) < 4.78 is 11.7. The number of hydrogen-bond acceptors (Lipinski definition) is 5. The SMILES string of the molecule is Cc1ccc(N2C(=O)C(O)=C(C(=O)c3cc4ccccc4o3)C2c2cccc(OCC(C)C)c2)cc1. The largest absolute Gasteiger partial charge is 0.503 e. The zero-order valence-electron chi connectivity index (χ0n) is 20.4. The van der Waals surface area contributed by atoms with E-state index in [2.05, 4.69) is 13.8 Å². The number of benzene rings is 3. The number of carbonyl (C=O) groups excluding carboxylic acids is 2. The number of carbonyl (C=O) groups is 2. The number of nitrogens with zero attached hydrogens (tertiary/aromatic N) is 1. The first kappa shape index (κ1) is 23.4. The van der Waals surface area contributed by atoms with Gasteiger partial charge in [0.2, 0.25) is 5.78 Å². The molecule has 0 aliphatic carbocycles. The Morgan fingerprint density at radius 3 is 2.50 bits per heavy atom. The average molecular weight is 482 g/mol. The Kier molecular flexibility index (Phi) is 6.10. The predicted octanol–water partition coefficient (Wildman–Crippen LogP) is 6.56. The van der Waals surface area contributed by atoms with E-state index < -0.39 is 23.5 Å². The summed E-state index contributed by atoms with van der Waals surface area (Å²) in [4.78, 5) is 28.6. The summed E-state index contributed by atoms with van der Waals surface area (Å²) in [5, 5.41) is 11.8. The molecule has 6 heteroatoms. The second-order valence-corrected chi connectivity index (χ2v) is 9.43. The predicted molar refractivity (Wildman–Crippen MR) is 138 cm³/mol. The molecule has 1 atom stereocenters. The van der Waals surface area contributed by atoms with E-state index >= 15 is 0 Å². The summed E-state index contributed by atoms with van der Waals surface area (Å²) in [6.45, 7) is 6.60. The zero-order chi connectivity index (χ0) is 25.4. The number of aryl methyl sites for hydroxylation is 1. The first-order valence-electron chi connectivity index (χ1n) is 11.9. The van der Waals surface area contributed by atoms with Crippen LogP contribution in [0.15, 0.2) is 94.6 Å². The van der Waals surface area contributed by atoms with Crippen LogP contribution < -0.4 is 9.64 Å². The van der Waals surface area contributed by atoms with E-state index in [1.807, 2.05) is 61.5 Å². The smallest absolute Gasteiger partial charge is 0.294 e. The number of para-hydroxylation sites is 1. The third kappa shape index (κ3) is 4.26. The quantitative estimate of drug-likeness (QED) is 0.303. The van der Waals surface area contributed by atoms with Crippen LogP contribution in [0.1, 0.15) is 41.6 Å². The highest BCUT2D eigenvalue weighted by Gasteiger charge is 2.45. The van der Waals surface area contributed by atoms with Crippen molar-refractivity contribution >= 4 is 28.3 Å². The van der Waals surface area contributed by atoms with Gasteiger partial charge in [-0.15, -0.1) is 0 Å². The number of rotatable bonds is 7. The summed E-state index contributed by atoms with van der Waals surface area (Å²) in [5.41, 5.74) is 2.78. The van der Waals surface area contributed by atoms with Crippen LogP contribution in [0, 0.1) is 12.8 Å². The van der Waals surface area contributed by atoms with Crippen molar-refractivity contribution in [1.29, 1.82) is 0 Å². The van der Waals surface area contributed by atoms with Crippen molar-refractivity contribution in [2.24, 2.45) is 5.92 Å². The third-order valence-corrected chi connectivity index (χ3v) is 6.17. The molecule has 1 N–H and O–H groups in total. The Hall–Kier alpha value is -4.32. The van der Waals surface area contributed by atoms with Crippen LogP contribution in [-0.2, 0) is 4.79 Å². The molecule has 0 bridgehead atoms. The molecule has 0 saturated carbocycles. The maximum absolute atomic E-state index is 13.8. The first-order valence-corrected chi connectivity index (χ1v) is 11.9. The topological polar surface area (TPSA) is 80.0 Å². The monoisotopic (exact) mass is 481 g/mol. The highest BCUT2D eigenvalue weighted by molar-refractivity contribution is 6.20. The molecule has 36 heavy (non-hydrogen) atoms. The minimum absolute atomic E-state index is 0.0272. The summed E-state index contributed by atoms with van der Waals surface area (Å²) in [5.74, 6) is -0.741. The Labute approximate surface area is 209 Å². The van der Waals surface area contributed by atoms with Gasteiger partial charge in [0.25, 0.3) is 5.91 Å². The van der Waals surface area contributed by atoms with Crippen molar-refractivity contribution in [3.63, 3.8) is 0 Å². The summed E-state index contributed by atoms with van der Waals surface area (Å²) in [7, 11) is 0. The third-order valence-electron chi connectivity index (χ3n) is 6.17. The number of ether oxygens (including phenoxy) is 1. The molecule has 4 aromatic rings. The average Bonchev–Trinajstić information content (AvgIpc) is 3.42. The summed E-state index contributed by atoms with van der Waals surface area (Å²) >= 11 is 0. The standard InChI is InChI=1S/C30H27NO5/c1-18(2)17-35-23-9-6-8-21(15-23)27-26(28(32)25-16-20-7-4-5-10-24(20)36-25)29(33)30(34)31(27)22-13-11-19(3)12-14-22/h4-16,18,27,33H,17H2,1-3H3. The van der Waals surface area contributed by atoms with Gasteiger partial charge in [-0.25, -0.2) is 0 Å². The Balaban J connectivity index is 1.62. The molecule has 0 fully saturated rings. The zero-order valence-corrected chi connectivity index (χ0v) is 20.4. The van der Waals surface area contributed by atoms with Gasteiger partial charge in [0, 0.05) is 11.1 Å². The number of aliphatic hydroxyl groups is 1. The number of amides is 1. The van der Waals surface area contributed by atoms with Crippen molar-refractivity contribution in [3.05, 3.63) is 107 Å². The molecule has 182 valence electrons. The molecule has 6 nitrogen and oxygen atoms in total. The van der Waals surface area contributed by atoms with Gasteiger partial charge >= 0.3 is 0 Å². The van der Waals surface area contributed by atoms with E-state index in [0.29, 0.717) is 35.1 Å². The van der Waals surface area contributed by atoms with Gasteiger partial charge < -0.3 is 14.3 Å². The van der Waals surface area contributed by atoms with E-state index in [1.165, 1.54) is 4.90 Å². The van der Waals surface area contributed by atoms with Crippen molar-refractivity contribution in [2.45, 2.75) is 26.8 Å². The summed E-state index contributed by atoms with van der Waals surface area (Å²) in [6.07, 6.45) is 0. The normalized spacial score (nSPS) is 15.8. The minimum Gasteiger partial charge on any atom is -0.503 e. The van der Waals surface area contributed by atoms with Crippen LogP contribution in [0.5, 0.6) is 5.75 Å². The van der Waals surface area contributed by atoms with Gasteiger partial charge in [0.1, 0.15) is 11.3 Å². The van der Waals surface area contributed by atoms with Crippen LogP contribution in [0.25, 0.3) is 11.0 Å². The molecule has 1 aliphatic heterocycles. The van der Waals surface area contributed by atoms with Gasteiger partial charge in [-0.05, 0) is 54.8 Å². The molecule has 5 rings (SSSR count). The molecule has 0 spiro atoms. The van der Waals surface area contributed by atoms with Gasteiger partial charge in [-0.2, -0.15) is 0 Å². The van der Waals surface area contributed by atoms with Crippen molar-refractivity contribution in [1.82, 2.24) is 0 Å². The van der Waals surface area contributed by atoms with Crippen LogP contribution in [0.2, 0.25) is 0 Å². The number of aliphatic hydroxyl groups excluding tert-OH is 1. The number of anilines is 1. The molecular weight excluding hydrogens is 454 g/mol. The maximum atomic E-state index is 13.8. The van der Waals surface area contributed by atoms with E-state index in [9.17, 15) is 14.7 Å². The fourth-order valence-electron chi connectivity index (χ4n) is 4.39. The minimum atomic E-state index is -0.858. The van der Waals surface area contributed by atoms with E-state index in [-0.39, 0.29) is 11.3 Å². The number of ketones is 1. The Morgan fingerprint density at radius 2 is 1.78 bits per heavy atom. The molecule has 2 heterocycles. The lowest BCUT2D eigenvalue weighted by atomic mass is 9.94. The second kappa shape index (κ2) is 9.38. The lowest BCUT2D eigenvalue weighted by Gasteiger charge is -2.27. The molecule has 1 unspecified atom stereocenters. The first-order chi connectivity index (χ1) is 17.3. The van der Waals surface area contributed by atoms with Gasteiger partial charge in [0.15, 0.2) is 11.5 Å². The van der Waals surface area contributed by atoms with Gasteiger partial charge in [-0.1, -0.05) is 61.9 Å².